The van der Waals surface area contributed by atoms with E-state index in [1.54, 1.807) is 26.1 Å². The van der Waals surface area contributed by atoms with Crippen molar-refractivity contribution >= 4 is 12.3 Å². The summed E-state index contributed by atoms with van der Waals surface area (Å²) in [5.74, 6) is -0.354. The van der Waals surface area contributed by atoms with E-state index in [0.717, 1.165) is 0 Å². The van der Waals surface area contributed by atoms with Gasteiger partial charge in [0.05, 0.1) is 6.61 Å². The van der Waals surface area contributed by atoms with E-state index in [1.165, 1.54) is 4.68 Å². The number of ether oxygens (including phenoxy) is 1. The van der Waals surface area contributed by atoms with Gasteiger partial charge in [-0.15, -0.1) is 0 Å². The Hall–Kier alpha value is -1.65. The van der Waals surface area contributed by atoms with Gasteiger partial charge in [-0.25, -0.2) is 4.79 Å². The third-order valence-corrected chi connectivity index (χ3v) is 1.77. The predicted octanol–water partition coefficient (Wildman–Crippen LogP) is 0.820. The zero-order valence-electron chi connectivity index (χ0n) is 8.14. The Morgan fingerprint density at radius 2 is 2.50 bits per heavy atom. The van der Waals surface area contributed by atoms with E-state index >= 15 is 0 Å². The highest BCUT2D eigenvalue weighted by molar-refractivity contribution is 5.74. The van der Waals surface area contributed by atoms with Crippen LogP contribution in [0.3, 0.4) is 0 Å². The fraction of sp³-hybridized carbons (Fsp3) is 0.444. The molecule has 0 aliphatic carbocycles. The molecule has 0 radical (unpaired) electrons. The van der Waals surface area contributed by atoms with E-state index in [1.807, 2.05) is 0 Å². The predicted molar refractivity (Wildman–Crippen MR) is 49.0 cm³/mol. The molecule has 0 saturated heterocycles. The quantitative estimate of drug-likeness (QED) is 0.528. The molecule has 5 heteroatoms. The molecule has 1 aromatic rings. The molecule has 1 atom stereocenters. The van der Waals surface area contributed by atoms with Crippen LogP contribution in [0.5, 0.6) is 0 Å². The average molecular weight is 196 g/mol. The van der Waals surface area contributed by atoms with Crippen LogP contribution >= 0.6 is 0 Å². The molecule has 0 N–H and O–H groups in total. The van der Waals surface area contributed by atoms with Crippen molar-refractivity contribution in [3.63, 3.8) is 0 Å². The molecule has 0 aromatic carbocycles. The van der Waals surface area contributed by atoms with Crippen molar-refractivity contribution in [1.82, 2.24) is 9.78 Å². The first-order valence-electron chi connectivity index (χ1n) is 4.36. The molecule has 1 unspecified atom stereocenters. The second-order valence-electron chi connectivity index (χ2n) is 2.77. The first-order chi connectivity index (χ1) is 6.69. The third kappa shape index (κ3) is 2.18. The highest BCUT2D eigenvalue weighted by Gasteiger charge is 2.16. The lowest BCUT2D eigenvalue weighted by atomic mass is 10.3. The minimum atomic E-state index is -0.497. The maximum atomic E-state index is 11.3. The second kappa shape index (κ2) is 4.55. The summed E-state index contributed by atoms with van der Waals surface area (Å²) in [6.07, 6.45) is 2.21. The van der Waals surface area contributed by atoms with Gasteiger partial charge in [0.25, 0.3) is 0 Å². The number of nitrogens with zero attached hydrogens (tertiary/aromatic N) is 2. The first kappa shape index (κ1) is 10.4. The number of hydrogen-bond acceptors (Lipinski definition) is 4. The molecule has 0 bridgehead atoms. The molecule has 5 nitrogen and oxygen atoms in total. The van der Waals surface area contributed by atoms with Crippen LogP contribution < -0.4 is 0 Å². The van der Waals surface area contributed by atoms with Gasteiger partial charge in [0.1, 0.15) is 11.7 Å². The van der Waals surface area contributed by atoms with Crippen molar-refractivity contribution in [3.8, 4) is 0 Å². The fourth-order valence-electron chi connectivity index (χ4n) is 1.00. The van der Waals surface area contributed by atoms with Crippen molar-refractivity contribution in [3.05, 3.63) is 18.0 Å². The van der Waals surface area contributed by atoms with Crippen LogP contribution in [0, 0.1) is 0 Å². The Labute approximate surface area is 81.7 Å². The number of carbonyl (C=O) groups is 2. The molecule has 0 aliphatic rings. The van der Waals surface area contributed by atoms with Crippen LogP contribution in [-0.2, 0) is 9.53 Å². The van der Waals surface area contributed by atoms with Crippen LogP contribution in [0.4, 0.5) is 0 Å². The topological polar surface area (TPSA) is 61.2 Å². The molecule has 1 heterocycles. The van der Waals surface area contributed by atoms with Gasteiger partial charge in [0.15, 0.2) is 6.29 Å². The molecular weight excluding hydrogens is 184 g/mol. The lowest BCUT2D eigenvalue weighted by Crippen LogP contribution is -2.19. The molecule has 1 rings (SSSR count). The van der Waals surface area contributed by atoms with Gasteiger partial charge in [-0.1, -0.05) is 0 Å². The molecular formula is C9H12N2O3. The summed E-state index contributed by atoms with van der Waals surface area (Å²) in [6.45, 7) is 3.75. The maximum absolute atomic E-state index is 11.3. The zero-order chi connectivity index (χ0) is 10.6. The van der Waals surface area contributed by atoms with E-state index in [9.17, 15) is 9.59 Å². The van der Waals surface area contributed by atoms with Gasteiger partial charge in [0, 0.05) is 6.20 Å². The summed E-state index contributed by atoms with van der Waals surface area (Å²) in [5, 5.41) is 3.88. The number of hydrogen-bond donors (Lipinski definition) is 0. The Kier molecular flexibility index (Phi) is 3.39. The molecule has 0 spiro atoms. The number of carbonyl (C=O) groups excluding carboxylic acids is 2. The number of rotatable bonds is 4. The van der Waals surface area contributed by atoms with Crippen molar-refractivity contribution in [2.24, 2.45) is 0 Å². The molecule has 0 saturated carbocycles. The van der Waals surface area contributed by atoms with Gasteiger partial charge in [-0.2, -0.15) is 5.10 Å². The van der Waals surface area contributed by atoms with E-state index in [4.69, 9.17) is 4.74 Å². The standard InChI is InChI=1S/C9H12N2O3/c1-3-14-9(13)7(2)11-5-4-8(6-12)10-11/h4-7H,3H2,1-2H3. The summed E-state index contributed by atoms with van der Waals surface area (Å²) in [5.41, 5.74) is 0.307. The van der Waals surface area contributed by atoms with E-state index in [0.29, 0.717) is 18.6 Å². The molecule has 0 aliphatic heterocycles. The van der Waals surface area contributed by atoms with Crippen LogP contribution in [0.2, 0.25) is 0 Å². The molecule has 0 fully saturated rings. The fourth-order valence-corrected chi connectivity index (χ4v) is 1.00. The Bertz CT molecular complexity index is 333. The van der Waals surface area contributed by atoms with Crippen LogP contribution in [0.25, 0.3) is 0 Å². The van der Waals surface area contributed by atoms with Crippen LogP contribution in [0.15, 0.2) is 12.3 Å². The number of aldehydes is 1. The maximum Gasteiger partial charge on any atom is 0.330 e. The minimum Gasteiger partial charge on any atom is -0.464 e. The molecule has 0 amide bonds. The SMILES string of the molecule is CCOC(=O)C(C)n1ccc(C=O)n1. The Balaban J connectivity index is 2.73. The summed E-state index contributed by atoms with van der Waals surface area (Å²) in [4.78, 5) is 21.6. The number of aromatic nitrogens is 2. The molecule has 1 aromatic heterocycles. The van der Waals surface area contributed by atoms with Crippen molar-refractivity contribution in [2.75, 3.05) is 6.61 Å². The largest absolute Gasteiger partial charge is 0.464 e. The van der Waals surface area contributed by atoms with E-state index in [-0.39, 0.29) is 5.97 Å². The normalized spacial score (nSPS) is 12.1. The average Bonchev–Trinajstić information content (AvgIpc) is 2.65. The minimum absolute atomic E-state index is 0.307. The highest BCUT2D eigenvalue weighted by Crippen LogP contribution is 2.06. The van der Waals surface area contributed by atoms with Gasteiger partial charge in [-0.3, -0.25) is 9.48 Å². The Morgan fingerprint density at radius 3 is 3.00 bits per heavy atom. The third-order valence-electron chi connectivity index (χ3n) is 1.77. The van der Waals surface area contributed by atoms with Crippen molar-refractivity contribution in [2.45, 2.75) is 19.9 Å². The van der Waals surface area contributed by atoms with E-state index in [2.05, 4.69) is 5.10 Å². The number of esters is 1. The summed E-state index contributed by atoms with van der Waals surface area (Å²) in [6, 6.07) is 1.05. The van der Waals surface area contributed by atoms with Crippen LogP contribution in [-0.4, -0.2) is 28.6 Å². The van der Waals surface area contributed by atoms with Gasteiger partial charge >= 0.3 is 5.97 Å². The van der Waals surface area contributed by atoms with Crippen molar-refractivity contribution in [1.29, 1.82) is 0 Å². The van der Waals surface area contributed by atoms with Crippen LogP contribution in [0.1, 0.15) is 30.4 Å². The van der Waals surface area contributed by atoms with Crippen molar-refractivity contribution < 1.29 is 14.3 Å². The van der Waals surface area contributed by atoms with Gasteiger partial charge < -0.3 is 4.74 Å². The smallest absolute Gasteiger partial charge is 0.330 e. The van der Waals surface area contributed by atoms with Gasteiger partial charge in [0.2, 0.25) is 0 Å². The summed E-state index contributed by atoms with van der Waals surface area (Å²) in [7, 11) is 0. The monoisotopic (exact) mass is 196 g/mol. The first-order valence-corrected chi connectivity index (χ1v) is 4.36. The van der Waals surface area contributed by atoms with Gasteiger partial charge in [-0.05, 0) is 19.9 Å². The lowest BCUT2D eigenvalue weighted by molar-refractivity contribution is -0.146. The Morgan fingerprint density at radius 1 is 1.79 bits per heavy atom. The molecule has 76 valence electrons. The summed E-state index contributed by atoms with van der Waals surface area (Å²) < 4.78 is 6.22. The zero-order valence-corrected chi connectivity index (χ0v) is 8.14. The second-order valence-corrected chi connectivity index (χ2v) is 2.77. The summed E-state index contributed by atoms with van der Waals surface area (Å²) >= 11 is 0. The van der Waals surface area contributed by atoms with E-state index < -0.39 is 6.04 Å². The lowest BCUT2D eigenvalue weighted by Gasteiger charge is -2.10. The molecule has 14 heavy (non-hydrogen) atoms. The highest BCUT2D eigenvalue weighted by atomic mass is 16.5.